The Labute approximate surface area is 136 Å². The van der Waals surface area contributed by atoms with Crippen molar-refractivity contribution in [1.82, 2.24) is 0 Å². The summed E-state index contributed by atoms with van der Waals surface area (Å²) in [5.74, 6) is 0.520. The molecule has 1 heterocycles. The van der Waals surface area contributed by atoms with E-state index in [1.54, 1.807) is 0 Å². The number of anilines is 2. The first kappa shape index (κ1) is 13.8. The first-order chi connectivity index (χ1) is 11.3. The van der Waals surface area contributed by atoms with Gasteiger partial charge in [-0.3, -0.25) is 5.41 Å². The van der Waals surface area contributed by atoms with E-state index in [9.17, 15) is 0 Å². The first-order valence-corrected chi connectivity index (χ1v) is 7.91. The fraction of sp³-hybridized carbons (Fsp3) is 0.150. The monoisotopic (exact) mass is 301 g/mol. The molecule has 3 aromatic rings. The molecule has 0 amide bonds. The van der Waals surface area contributed by atoms with Crippen LogP contribution >= 0.6 is 0 Å². The molecule has 3 heteroatoms. The Hall–Kier alpha value is -2.81. The molecule has 114 valence electrons. The highest BCUT2D eigenvalue weighted by atomic mass is 15.4. The van der Waals surface area contributed by atoms with Crippen LogP contribution in [0.2, 0.25) is 0 Å². The summed E-state index contributed by atoms with van der Waals surface area (Å²) in [6.45, 7) is 0.868. The third-order valence-corrected chi connectivity index (χ3v) is 4.59. The molecular formula is C20H19N3. The van der Waals surface area contributed by atoms with E-state index in [1.807, 2.05) is 24.1 Å². The molecule has 3 aromatic carbocycles. The molecule has 0 saturated carbocycles. The lowest BCUT2D eigenvalue weighted by atomic mass is 10.1. The maximum Gasteiger partial charge on any atom is 0.202 e. The van der Waals surface area contributed by atoms with Gasteiger partial charge in [0.25, 0.3) is 0 Å². The van der Waals surface area contributed by atoms with Gasteiger partial charge in [-0.05, 0) is 29.5 Å². The van der Waals surface area contributed by atoms with Crippen LogP contribution in [-0.2, 0) is 6.42 Å². The summed E-state index contributed by atoms with van der Waals surface area (Å²) in [6, 6.07) is 23.0. The average molecular weight is 301 g/mol. The van der Waals surface area contributed by atoms with Crippen molar-refractivity contribution >= 4 is 28.1 Å². The lowest BCUT2D eigenvalue weighted by molar-refractivity contribution is 0.989. The average Bonchev–Trinajstić information content (AvgIpc) is 3.04. The zero-order chi connectivity index (χ0) is 15.8. The molecule has 3 nitrogen and oxygen atoms in total. The third kappa shape index (κ3) is 2.25. The van der Waals surface area contributed by atoms with Gasteiger partial charge in [-0.15, -0.1) is 0 Å². The first-order valence-electron chi connectivity index (χ1n) is 7.91. The maximum absolute atomic E-state index is 8.69. The Bertz CT molecular complexity index is 879. The second-order valence-electron chi connectivity index (χ2n) is 5.91. The molecule has 1 aliphatic heterocycles. The minimum absolute atomic E-state index is 0.520. The highest BCUT2D eigenvalue weighted by Gasteiger charge is 2.24. The van der Waals surface area contributed by atoms with E-state index in [2.05, 4.69) is 59.5 Å². The Morgan fingerprint density at radius 1 is 0.957 bits per heavy atom. The van der Waals surface area contributed by atoms with Crippen molar-refractivity contribution in [2.45, 2.75) is 6.42 Å². The molecule has 0 aliphatic carbocycles. The number of fused-ring (bicyclic) bond motifs is 2. The van der Waals surface area contributed by atoms with Crippen molar-refractivity contribution in [1.29, 1.82) is 5.41 Å². The van der Waals surface area contributed by atoms with Crippen molar-refractivity contribution < 1.29 is 0 Å². The zero-order valence-corrected chi connectivity index (χ0v) is 13.2. The summed E-state index contributed by atoms with van der Waals surface area (Å²) < 4.78 is 0. The van der Waals surface area contributed by atoms with Crippen LogP contribution in [0.25, 0.3) is 10.8 Å². The predicted octanol–water partition coefficient (Wildman–Crippen LogP) is 4.27. The van der Waals surface area contributed by atoms with Crippen LogP contribution < -0.4 is 9.80 Å². The van der Waals surface area contributed by atoms with Crippen LogP contribution in [0.15, 0.2) is 66.7 Å². The molecule has 0 atom stereocenters. The molecule has 0 radical (unpaired) electrons. The van der Waals surface area contributed by atoms with Crippen molar-refractivity contribution in [3.05, 3.63) is 72.3 Å². The summed E-state index contributed by atoms with van der Waals surface area (Å²) in [4.78, 5) is 4.07. The quantitative estimate of drug-likeness (QED) is 0.537. The van der Waals surface area contributed by atoms with Gasteiger partial charge in [-0.2, -0.15) is 0 Å². The number of benzene rings is 3. The van der Waals surface area contributed by atoms with E-state index < -0.39 is 0 Å². The van der Waals surface area contributed by atoms with Crippen LogP contribution in [0, 0.1) is 5.41 Å². The van der Waals surface area contributed by atoms with Gasteiger partial charge in [0.1, 0.15) is 0 Å². The van der Waals surface area contributed by atoms with Crippen molar-refractivity contribution in [2.75, 3.05) is 23.4 Å². The summed E-state index contributed by atoms with van der Waals surface area (Å²) in [5, 5.41) is 11.1. The summed E-state index contributed by atoms with van der Waals surface area (Å²) in [5.41, 5.74) is 3.55. The van der Waals surface area contributed by atoms with E-state index in [4.69, 9.17) is 5.41 Å². The number of hydrogen-bond donors (Lipinski definition) is 1. The minimum Gasteiger partial charge on any atom is -0.315 e. The highest BCUT2D eigenvalue weighted by molar-refractivity contribution is 6.10. The van der Waals surface area contributed by atoms with Gasteiger partial charge in [0, 0.05) is 24.7 Å². The van der Waals surface area contributed by atoms with E-state index >= 15 is 0 Å². The van der Waals surface area contributed by atoms with E-state index in [-0.39, 0.29) is 0 Å². The molecule has 0 saturated heterocycles. The summed E-state index contributed by atoms with van der Waals surface area (Å²) >= 11 is 0. The zero-order valence-electron chi connectivity index (χ0n) is 13.2. The van der Waals surface area contributed by atoms with Gasteiger partial charge >= 0.3 is 0 Å². The molecule has 0 aromatic heterocycles. The van der Waals surface area contributed by atoms with Gasteiger partial charge in [0.05, 0.1) is 5.69 Å². The molecule has 0 spiro atoms. The topological polar surface area (TPSA) is 30.3 Å². The van der Waals surface area contributed by atoms with Crippen LogP contribution in [-0.4, -0.2) is 19.6 Å². The summed E-state index contributed by atoms with van der Waals surface area (Å²) in [7, 11) is 1.98. The molecule has 1 aliphatic rings. The highest BCUT2D eigenvalue weighted by Crippen LogP contribution is 2.31. The van der Waals surface area contributed by atoms with E-state index in [1.165, 1.54) is 16.3 Å². The van der Waals surface area contributed by atoms with E-state index in [0.29, 0.717) is 5.96 Å². The number of hydrogen-bond acceptors (Lipinski definition) is 1. The van der Waals surface area contributed by atoms with Gasteiger partial charge in [-0.1, -0.05) is 54.6 Å². The minimum atomic E-state index is 0.520. The number of rotatable bonds is 1. The molecular weight excluding hydrogens is 282 g/mol. The molecule has 0 bridgehead atoms. The van der Waals surface area contributed by atoms with Crippen molar-refractivity contribution in [3.8, 4) is 0 Å². The Morgan fingerprint density at radius 2 is 1.70 bits per heavy atom. The van der Waals surface area contributed by atoms with Gasteiger partial charge in [0.2, 0.25) is 5.96 Å². The third-order valence-electron chi connectivity index (χ3n) is 4.59. The maximum atomic E-state index is 8.69. The fourth-order valence-electron chi connectivity index (χ4n) is 3.35. The molecule has 4 rings (SSSR count). The summed E-state index contributed by atoms with van der Waals surface area (Å²) in [6.07, 6.45) is 1.00. The number of guanidine groups is 1. The molecule has 23 heavy (non-hydrogen) atoms. The standard InChI is InChI=1S/C20H19N3/c1-22(19-12-6-9-15-7-2-4-10-17(15)19)20(21)23-14-13-16-8-3-5-11-18(16)23/h2-12,21H,13-14H2,1H3. The number of nitrogens with one attached hydrogen (secondary N) is 1. The normalized spacial score (nSPS) is 13.2. The molecule has 0 unspecified atom stereocenters. The van der Waals surface area contributed by atoms with Crippen LogP contribution in [0.4, 0.5) is 11.4 Å². The Kier molecular flexibility index (Phi) is 3.27. The predicted molar refractivity (Wildman–Crippen MR) is 97.6 cm³/mol. The smallest absolute Gasteiger partial charge is 0.202 e. The van der Waals surface area contributed by atoms with Gasteiger partial charge < -0.3 is 9.80 Å². The second-order valence-corrected chi connectivity index (χ2v) is 5.91. The molecule has 1 N–H and O–H groups in total. The Balaban J connectivity index is 1.72. The van der Waals surface area contributed by atoms with Crippen LogP contribution in [0.5, 0.6) is 0 Å². The Morgan fingerprint density at radius 3 is 2.61 bits per heavy atom. The van der Waals surface area contributed by atoms with Crippen molar-refractivity contribution in [2.24, 2.45) is 0 Å². The fourth-order valence-corrected chi connectivity index (χ4v) is 3.35. The number of para-hydroxylation sites is 1. The van der Waals surface area contributed by atoms with Gasteiger partial charge in [0.15, 0.2) is 0 Å². The lowest BCUT2D eigenvalue weighted by Gasteiger charge is -2.29. The number of nitrogens with zero attached hydrogens (tertiary/aromatic N) is 2. The van der Waals surface area contributed by atoms with Crippen molar-refractivity contribution in [3.63, 3.8) is 0 Å². The largest absolute Gasteiger partial charge is 0.315 e. The van der Waals surface area contributed by atoms with Gasteiger partial charge in [-0.25, -0.2) is 0 Å². The van der Waals surface area contributed by atoms with E-state index in [0.717, 1.165) is 24.3 Å². The lowest BCUT2D eigenvalue weighted by Crippen LogP contribution is -2.41. The molecule has 0 fully saturated rings. The SMILES string of the molecule is CN(C(=N)N1CCc2ccccc21)c1cccc2ccccc12. The second kappa shape index (κ2) is 5.43. The van der Waals surface area contributed by atoms with Crippen LogP contribution in [0.3, 0.4) is 0 Å². The van der Waals surface area contributed by atoms with Crippen LogP contribution in [0.1, 0.15) is 5.56 Å².